The molecule has 0 saturated heterocycles. The molecule has 1 aliphatic carbocycles. The maximum atomic E-state index is 14.9. The van der Waals surface area contributed by atoms with Gasteiger partial charge in [0.05, 0.1) is 19.3 Å². The van der Waals surface area contributed by atoms with Gasteiger partial charge in [0, 0.05) is 35.9 Å². The smallest absolute Gasteiger partial charge is 0.401 e. The van der Waals surface area contributed by atoms with Gasteiger partial charge in [-0.3, -0.25) is 14.7 Å². The third kappa shape index (κ3) is 6.36. The number of imidazole rings is 1. The Morgan fingerprint density at radius 2 is 1.74 bits per heavy atom. The lowest BCUT2D eigenvalue weighted by Gasteiger charge is -2.35. The van der Waals surface area contributed by atoms with Crippen LogP contribution in [0.1, 0.15) is 34.8 Å². The molecule has 0 unspecified atom stereocenters. The van der Waals surface area contributed by atoms with E-state index in [2.05, 4.69) is 20.4 Å². The van der Waals surface area contributed by atoms with Crippen molar-refractivity contribution in [2.24, 2.45) is 0 Å². The zero-order chi connectivity index (χ0) is 27.6. The van der Waals surface area contributed by atoms with Crippen molar-refractivity contribution in [2.45, 2.75) is 37.6 Å². The fourth-order valence-electron chi connectivity index (χ4n) is 3.99. The topological polar surface area (TPSA) is 77.4 Å². The van der Waals surface area contributed by atoms with E-state index in [9.17, 15) is 35.5 Å². The minimum absolute atomic E-state index is 0.0125. The standard InChI is InChI=1S/C24H21F7N4O3/c1-37-16-8-17(25)20(18(26)9-16)35-10-19(13-6-14(7-13)32-11-24(29,30)31)33-23(35)34-21(36)12-2-4-15(5-3-12)38-22(27)28/h2-5,8-10,13-14,22,32H,6-7,11H2,1H3,(H,33,34,36). The molecule has 0 bridgehead atoms. The van der Waals surface area contributed by atoms with Crippen molar-refractivity contribution >= 4 is 11.9 Å². The number of methoxy groups -OCH3 is 1. The molecule has 0 aliphatic heterocycles. The number of ether oxygens (including phenoxy) is 2. The van der Waals surface area contributed by atoms with Crippen LogP contribution in [0.4, 0.5) is 36.7 Å². The molecule has 2 aromatic carbocycles. The van der Waals surface area contributed by atoms with E-state index in [0.717, 1.165) is 28.8 Å². The van der Waals surface area contributed by atoms with Gasteiger partial charge in [0.2, 0.25) is 5.95 Å². The molecular formula is C24H21F7N4O3. The number of anilines is 1. The van der Waals surface area contributed by atoms with E-state index in [4.69, 9.17) is 4.74 Å². The number of halogens is 7. The Hall–Kier alpha value is -3.81. The summed E-state index contributed by atoms with van der Waals surface area (Å²) in [6, 6.07) is 6.15. The molecule has 1 fully saturated rings. The Morgan fingerprint density at radius 1 is 1.11 bits per heavy atom. The highest BCUT2D eigenvalue weighted by Gasteiger charge is 2.36. The Kier molecular flexibility index (Phi) is 7.81. The van der Waals surface area contributed by atoms with Gasteiger partial charge in [-0.05, 0) is 37.1 Å². The van der Waals surface area contributed by atoms with Gasteiger partial charge in [-0.2, -0.15) is 22.0 Å². The first-order chi connectivity index (χ1) is 17.9. The number of benzene rings is 2. The van der Waals surface area contributed by atoms with Crippen LogP contribution in [0.15, 0.2) is 42.6 Å². The SMILES string of the molecule is COc1cc(F)c(-n2cc(C3CC(NCC(F)(F)F)C3)nc2NC(=O)c2ccc(OC(F)F)cc2)c(F)c1. The van der Waals surface area contributed by atoms with E-state index in [-0.39, 0.29) is 28.9 Å². The second-order valence-corrected chi connectivity index (χ2v) is 8.52. The average Bonchev–Trinajstić information content (AvgIpc) is 3.19. The number of carbonyl (C=O) groups is 1. The molecule has 0 atom stereocenters. The Morgan fingerprint density at radius 3 is 2.29 bits per heavy atom. The summed E-state index contributed by atoms with van der Waals surface area (Å²) in [7, 11) is 1.23. The third-order valence-electron chi connectivity index (χ3n) is 5.91. The highest BCUT2D eigenvalue weighted by molar-refractivity contribution is 6.03. The third-order valence-corrected chi connectivity index (χ3v) is 5.91. The van der Waals surface area contributed by atoms with E-state index < -0.39 is 48.6 Å². The van der Waals surface area contributed by atoms with E-state index >= 15 is 0 Å². The molecule has 1 aliphatic rings. The average molecular weight is 546 g/mol. The molecule has 7 nitrogen and oxygen atoms in total. The molecule has 1 saturated carbocycles. The molecule has 0 radical (unpaired) electrons. The number of carbonyl (C=O) groups excluding carboxylic acids is 1. The second-order valence-electron chi connectivity index (χ2n) is 8.52. The molecule has 4 rings (SSSR count). The number of rotatable bonds is 9. The molecule has 14 heteroatoms. The van der Waals surface area contributed by atoms with Gasteiger partial charge < -0.3 is 14.8 Å². The molecular weight excluding hydrogens is 525 g/mol. The number of amides is 1. The normalized spacial score (nSPS) is 17.3. The lowest BCUT2D eigenvalue weighted by atomic mass is 9.78. The predicted octanol–water partition coefficient (Wildman–Crippen LogP) is 5.41. The second kappa shape index (κ2) is 10.9. The van der Waals surface area contributed by atoms with E-state index in [1.165, 1.54) is 25.4 Å². The van der Waals surface area contributed by atoms with Gasteiger partial charge >= 0.3 is 12.8 Å². The highest BCUT2D eigenvalue weighted by atomic mass is 19.4. The van der Waals surface area contributed by atoms with Crippen LogP contribution in [0.5, 0.6) is 11.5 Å². The van der Waals surface area contributed by atoms with Crippen molar-refractivity contribution in [3.63, 3.8) is 0 Å². The van der Waals surface area contributed by atoms with Gasteiger partial charge in [-0.15, -0.1) is 0 Å². The van der Waals surface area contributed by atoms with Crippen LogP contribution in [-0.4, -0.2) is 47.9 Å². The number of aromatic nitrogens is 2. The first kappa shape index (κ1) is 27.2. The zero-order valence-corrected chi connectivity index (χ0v) is 19.7. The minimum Gasteiger partial charge on any atom is -0.497 e. The van der Waals surface area contributed by atoms with Crippen molar-refractivity contribution in [2.75, 3.05) is 19.0 Å². The largest absolute Gasteiger partial charge is 0.497 e. The lowest BCUT2D eigenvalue weighted by Crippen LogP contribution is -2.44. The number of hydrogen-bond acceptors (Lipinski definition) is 5. The molecule has 204 valence electrons. The summed E-state index contributed by atoms with van der Waals surface area (Å²) in [5.74, 6) is -3.65. The fraction of sp³-hybridized carbons (Fsp3) is 0.333. The molecule has 1 heterocycles. The van der Waals surface area contributed by atoms with Crippen LogP contribution in [-0.2, 0) is 0 Å². The first-order valence-corrected chi connectivity index (χ1v) is 11.2. The number of hydrogen-bond donors (Lipinski definition) is 2. The molecule has 2 N–H and O–H groups in total. The number of nitrogens with one attached hydrogen (secondary N) is 2. The molecule has 3 aromatic rings. The number of alkyl halides is 5. The summed E-state index contributed by atoms with van der Waals surface area (Å²) in [6.07, 6.45) is -2.48. The van der Waals surface area contributed by atoms with Crippen LogP contribution >= 0.6 is 0 Å². The molecule has 38 heavy (non-hydrogen) atoms. The summed E-state index contributed by atoms with van der Waals surface area (Å²) < 4.78 is 102. The Balaban J connectivity index is 1.60. The van der Waals surface area contributed by atoms with Crippen molar-refractivity contribution in [3.8, 4) is 17.2 Å². The van der Waals surface area contributed by atoms with Gasteiger partial charge in [-0.25, -0.2) is 13.8 Å². The van der Waals surface area contributed by atoms with Crippen LogP contribution < -0.4 is 20.1 Å². The maximum absolute atomic E-state index is 14.9. The lowest BCUT2D eigenvalue weighted by molar-refractivity contribution is -0.127. The van der Waals surface area contributed by atoms with Gasteiger partial charge in [-0.1, -0.05) is 0 Å². The molecule has 1 aromatic heterocycles. The van der Waals surface area contributed by atoms with Crippen LogP contribution in [0.2, 0.25) is 0 Å². The van der Waals surface area contributed by atoms with Gasteiger partial charge in [0.15, 0.2) is 11.6 Å². The van der Waals surface area contributed by atoms with Crippen LogP contribution in [0.3, 0.4) is 0 Å². The highest BCUT2D eigenvalue weighted by Crippen LogP contribution is 2.38. The predicted molar refractivity (Wildman–Crippen MR) is 121 cm³/mol. The van der Waals surface area contributed by atoms with Crippen LogP contribution in [0, 0.1) is 11.6 Å². The minimum atomic E-state index is -4.36. The molecule has 0 spiro atoms. The quantitative estimate of drug-likeness (QED) is 0.351. The summed E-state index contributed by atoms with van der Waals surface area (Å²) in [5.41, 5.74) is -0.245. The van der Waals surface area contributed by atoms with Gasteiger partial charge in [0.25, 0.3) is 5.91 Å². The fourth-order valence-corrected chi connectivity index (χ4v) is 3.99. The Labute approximate surface area is 211 Å². The summed E-state index contributed by atoms with van der Waals surface area (Å²) in [5, 5.41) is 4.84. The van der Waals surface area contributed by atoms with Crippen molar-refractivity contribution in [1.29, 1.82) is 0 Å². The van der Waals surface area contributed by atoms with Crippen LogP contribution in [0.25, 0.3) is 5.69 Å². The van der Waals surface area contributed by atoms with Crippen molar-refractivity contribution in [3.05, 3.63) is 65.5 Å². The summed E-state index contributed by atoms with van der Waals surface area (Å²) >= 11 is 0. The zero-order valence-electron chi connectivity index (χ0n) is 19.7. The monoisotopic (exact) mass is 546 g/mol. The van der Waals surface area contributed by atoms with E-state index in [1.54, 1.807) is 0 Å². The summed E-state index contributed by atoms with van der Waals surface area (Å²) in [6.45, 7) is -4.20. The first-order valence-electron chi connectivity index (χ1n) is 11.2. The molecule has 1 amide bonds. The van der Waals surface area contributed by atoms with E-state index in [1.807, 2.05) is 0 Å². The maximum Gasteiger partial charge on any atom is 0.401 e. The van der Waals surface area contributed by atoms with Crippen molar-refractivity contribution in [1.82, 2.24) is 14.9 Å². The Bertz CT molecular complexity index is 1270. The van der Waals surface area contributed by atoms with E-state index in [0.29, 0.717) is 18.5 Å². The van der Waals surface area contributed by atoms with Crippen molar-refractivity contribution < 1.29 is 45.0 Å². The number of nitrogens with zero attached hydrogens (tertiary/aromatic N) is 2. The summed E-state index contributed by atoms with van der Waals surface area (Å²) in [4.78, 5) is 17.1. The van der Waals surface area contributed by atoms with Gasteiger partial charge in [0.1, 0.15) is 17.2 Å².